The van der Waals surface area contributed by atoms with E-state index in [0.717, 1.165) is 5.57 Å². The Bertz CT molecular complexity index is 589. The average Bonchev–Trinajstić information content (AvgIpc) is 2.56. The number of carbonyl (C=O) groups is 3. The van der Waals surface area contributed by atoms with Gasteiger partial charge in [-0.05, 0) is 13.8 Å². The van der Waals surface area contributed by atoms with Crippen LogP contribution in [-0.2, 0) is 23.9 Å². The van der Waals surface area contributed by atoms with E-state index in [9.17, 15) is 14.4 Å². The number of carbonyl (C=O) groups excluding carboxylic acids is 3. The quantitative estimate of drug-likeness (QED) is 0.599. The molecule has 0 fully saturated rings. The van der Waals surface area contributed by atoms with E-state index in [2.05, 4.69) is 5.32 Å². The van der Waals surface area contributed by atoms with E-state index >= 15 is 0 Å². The third-order valence-corrected chi connectivity index (χ3v) is 4.20. The summed E-state index contributed by atoms with van der Waals surface area (Å²) in [5.41, 5.74) is 0.137. The zero-order chi connectivity index (χ0) is 15.9. The molecule has 2 bridgehead atoms. The molecule has 1 amide bonds. The summed E-state index contributed by atoms with van der Waals surface area (Å²) in [7, 11) is 2.50. The summed E-state index contributed by atoms with van der Waals surface area (Å²) in [6, 6.07) is 0. The van der Waals surface area contributed by atoms with Gasteiger partial charge in [-0.1, -0.05) is 18.6 Å². The van der Waals surface area contributed by atoms with Crippen molar-refractivity contribution in [2.75, 3.05) is 14.2 Å². The predicted octanol–water partition coefficient (Wildman–Crippen LogP) is 0.730. The number of hydrogen-bond acceptors (Lipinski definition) is 5. The highest BCUT2D eigenvalue weighted by atomic mass is 16.5. The highest BCUT2D eigenvalue weighted by Crippen LogP contribution is 2.44. The van der Waals surface area contributed by atoms with E-state index in [1.807, 2.05) is 6.92 Å². The highest BCUT2D eigenvalue weighted by molar-refractivity contribution is 6.06. The average molecular weight is 293 g/mol. The SMILES string of the molecule is COC(=O)C1=C(C(=O)OC)[C@]2(C)C=C(C)[C@@H]1[C@H](C)C(=O)N2. The van der Waals surface area contributed by atoms with Gasteiger partial charge in [-0.2, -0.15) is 0 Å². The topological polar surface area (TPSA) is 81.7 Å². The van der Waals surface area contributed by atoms with E-state index in [1.165, 1.54) is 14.2 Å². The second kappa shape index (κ2) is 5.02. The molecule has 2 aliphatic heterocycles. The van der Waals surface area contributed by atoms with Gasteiger partial charge in [-0.25, -0.2) is 9.59 Å². The number of ether oxygens (including phenoxy) is 2. The molecule has 1 N–H and O–H groups in total. The highest BCUT2D eigenvalue weighted by Gasteiger charge is 2.50. The van der Waals surface area contributed by atoms with Gasteiger partial charge in [0, 0.05) is 11.8 Å². The molecule has 0 aromatic heterocycles. The van der Waals surface area contributed by atoms with Crippen LogP contribution < -0.4 is 5.32 Å². The summed E-state index contributed by atoms with van der Waals surface area (Å²) in [6.07, 6.45) is 1.80. The molecule has 0 aromatic rings. The fourth-order valence-electron chi connectivity index (χ4n) is 3.31. The Labute approximate surface area is 123 Å². The largest absolute Gasteiger partial charge is 0.466 e. The van der Waals surface area contributed by atoms with Crippen molar-refractivity contribution in [3.05, 3.63) is 22.8 Å². The Morgan fingerprint density at radius 2 is 1.81 bits per heavy atom. The van der Waals surface area contributed by atoms with Gasteiger partial charge in [0.1, 0.15) is 0 Å². The van der Waals surface area contributed by atoms with Crippen LogP contribution in [0.2, 0.25) is 0 Å². The standard InChI is InChI=1S/C15H19NO5/c1-7-6-15(3)11(14(19)21-5)10(13(18)20-4)9(7)8(2)12(17)16-15/h6,8-9H,1-5H3,(H,16,17)/t8-,9+,15-/m0/s1. The Balaban J connectivity index is 2.77. The molecule has 21 heavy (non-hydrogen) atoms. The van der Waals surface area contributed by atoms with Crippen LogP contribution in [0.3, 0.4) is 0 Å². The van der Waals surface area contributed by atoms with Crippen molar-refractivity contribution in [3.8, 4) is 0 Å². The molecule has 0 aromatic carbocycles. The Morgan fingerprint density at radius 1 is 1.24 bits per heavy atom. The van der Waals surface area contributed by atoms with Crippen LogP contribution in [0.25, 0.3) is 0 Å². The van der Waals surface area contributed by atoms with Gasteiger partial charge in [0.05, 0.1) is 30.9 Å². The molecular weight excluding hydrogens is 274 g/mol. The van der Waals surface area contributed by atoms with E-state index in [0.29, 0.717) is 0 Å². The van der Waals surface area contributed by atoms with Crippen molar-refractivity contribution in [2.24, 2.45) is 11.8 Å². The predicted molar refractivity (Wildman–Crippen MR) is 74.0 cm³/mol. The van der Waals surface area contributed by atoms with Crippen molar-refractivity contribution >= 4 is 17.8 Å². The normalized spacial score (nSPS) is 31.3. The molecule has 2 heterocycles. The molecule has 1 aliphatic carbocycles. The lowest BCUT2D eigenvalue weighted by Crippen LogP contribution is -2.48. The van der Waals surface area contributed by atoms with Gasteiger partial charge >= 0.3 is 11.9 Å². The van der Waals surface area contributed by atoms with Crippen LogP contribution in [-0.4, -0.2) is 37.6 Å². The minimum absolute atomic E-state index is 0.144. The molecule has 0 saturated carbocycles. The molecule has 3 aliphatic rings. The first-order valence-corrected chi connectivity index (χ1v) is 6.69. The number of fused-ring (bicyclic) bond motifs is 2. The maximum absolute atomic E-state index is 12.3. The first-order valence-electron chi connectivity index (χ1n) is 6.69. The number of nitrogens with one attached hydrogen (secondary N) is 1. The molecule has 6 heteroatoms. The van der Waals surface area contributed by atoms with Crippen molar-refractivity contribution < 1.29 is 23.9 Å². The van der Waals surface area contributed by atoms with Crippen molar-refractivity contribution in [1.82, 2.24) is 5.32 Å². The minimum Gasteiger partial charge on any atom is -0.466 e. The van der Waals surface area contributed by atoms with Crippen LogP contribution >= 0.6 is 0 Å². The summed E-state index contributed by atoms with van der Waals surface area (Å²) >= 11 is 0. The van der Waals surface area contributed by atoms with E-state index in [1.54, 1.807) is 19.9 Å². The monoisotopic (exact) mass is 293 g/mol. The van der Waals surface area contributed by atoms with Crippen molar-refractivity contribution in [1.29, 1.82) is 0 Å². The fourth-order valence-corrected chi connectivity index (χ4v) is 3.31. The maximum atomic E-state index is 12.3. The first kappa shape index (κ1) is 15.3. The van der Waals surface area contributed by atoms with E-state index < -0.39 is 29.3 Å². The van der Waals surface area contributed by atoms with E-state index in [-0.39, 0.29) is 17.1 Å². The summed E-state index contributed by atoms with van der Waals surface area (Å²) in [6.45, 7) is 5.25. The van der Waals surface area contributed by atoms with Crippen molar-refractivity contribution in [3.63, 3.8) is 0 Å². The molecule has 114 valence electrons. The van der Waals surface area contributed by atoms with Gasteiger partial charge in [-0.3, -0.25) is 4.79 Å². The second-order valence-corrected chi connectivity index (χ2v) is 5.62. The lowest BCUT2D eigenvalue weighted by atomic mass is 9.72. The number of esters is 2. The lowest BCUT2D eigenvalue weighted by molar-refractivity contribution is -0.140. The fraction of sp³-hybridized carbons (Fsp3) is 0.533. The molecule has 0 saturated heterocycles. The Hall–Kier alpha value is -2.11. The van der Waals surface area contributed by atoms with Gasteiger partial charge < -0.3 is 14.8 Å². The molecule has 0 spiro atoms. The maximum Gasteiger partial charge on any atom is 0.337 e. The lowest BCUT2D eigenvalue weighted by Gasteiger charge is -2.33. The Kier molecular flexibility index (Phi) is 3.65. The molecule has 0 unspecified atom stereocenters. The summed E-state index contributed by atoms with van der Waals surface area (Å²) in [5, 5.41) is 2.82. The third-order valence-electron chi connectivity index (χ3n) is 4.20. The molecule has 0 radical (unpaired) electrons. The van der Waals surface area contributed by atoms with Crippen LogP contribution in [0.4, 0.5) is 0 Å². The van der Waals surface area contributed by atoms with Crippen LogP contribution in [0.5, 0.6) is 0 Å². The molecular formula is C15H19NO5. The number of amides is 1. The molecule has 3 rings (SSSR count). The number of methoxy groups -OCH3 is 2. The van der Waals surface area contributed by atoms with Gasteiger partial charge in [0.15, 0.2) is 0 Å². The summed E-state index contributed by atoms with van der Waals surface area (Å²) in [5.74, 6) is -2.42. The van der Waals surface area contributed by atoms with E-state index in [4.69, 9.17) is 9.47 Å². The number of hydrogen-bond donors (Lipinski definition) is 1. The summed E-state index contributed by atoms with van der Waals surface area (Å²) in [4.78, 5) is 36.7. The van der Waals surface area contributed by atoms with Crippen LogP contribution in [0.15, 0.2) is 22.8 Å². The van der Waals surface area contributed by atoms with Gasteiger partial charge in [0.2, 0.25) is 5.91 Å². The number of allylic oxidation sites excluding steroid dienone is 1. The zero-order valence-electron chi connectivity index (χ0n) is 12.8. The number of rotatable bonds is 2. The first-order chi connectivity index (χ1) is 9.76. The van der Waals surface area contributed by atoms with Crippen LogP contribution in [0.1, 0.15) is 20.8 Å². The van der Waals surface area contributed by atoms with Gasteiger partial charge in [0.25, 0.3) is 0 Å². The second-order valence-electron chi connectivity index (χ2n) is 5.62. The minimum atomic E-state index is -1.07. The van der Waals surface area contributed by atoms with Crippen molar-refractivity contribution in [2.45, 2.75) is 26.3 Å². The third kappa shape index (κ3) is 2.14. The molecule has 3 atom stereocenters. The summed E-state index contributed by atoms with van der Waals surface area (Å²) < 4.78 is 9.64. The van der Waals surface area contributed by atoms with Crippen LogP contribution in [0, 0.1) is 11.8 Å². The Morgan fingerprint density at radius 3 is 2.33 bits per heavy atom. The van der Waals surface area contributed by atoms with Gasteiger partial charge in [-0.15, -0.1) is 0 Å². The smallest absolute Gasteiger partial charge is 0.337 e. The zero-order valence-corrected chi connectivity index (χ0v) is 12.8. The molecule has 6 nitrogen and oxygen atoms in total.